The van der Waals surface area contributed by atoms with E-state index in [4.69, 9.17) is 34.8 Å². The van der Waals surface area contributed by atoms with Crippen LogP contribution in [0.15, 0.2) is 35.4 Å². The molecule has 2 aromatic rings. The molecule has 92 valence electrons. The molecule has 0 amide bonds. The number of rotatable bonds is 3. The number of nitrogens with zero attached hydrogens (tertiary/aromatic N) is 3. The predicted molar refractivity (Wildman–Crippen MR) is 74.7 cm³/mol. The third-order valence-electron chi connectivity index (χ3n) is 2.00. The molecule has 1 N–H and O–H groups in total. The molecule has 7 heteroatoms. The van der Waals surface area contributed by atoms with Gasteiger partial charge in [0, 0.05) is 5.56 Å². The minimum absolute atomic E-state index is 0.318. The Bertz CT molecular complexity index is 549. The van der Waals surface area contributed by atoms with Crippen molar-refractivity contribution in [2.45, 2.75) is 0 Å². The van der Waals surface area contributed by atoms with E-state index in [-0.39, 0.29) is 0 Å². The van der Waals surface area contributed by atoms with Gasteiger partial charge in [-0.3, -0.25) is 5.43 Å². The molecule has 0 aliphatic rings. The third-order valence-corrected chi connectivity index (χ3v) is 2.87. The standard InChI is InChI=1S/C11H7Cl3N4/c12-8-2-1-3-9(13)7(8)6-15-17-11-5-4-10(14)16-18-11/h1-6H,(H,17,18). The van der Waals surface area contributed by atoms with Crippen LogP contribution in [0.1, 0.15) is 5.56 Å². The molecule has 0 saturated heterocycles. The highest BCUT2D eigenvalue weighted by Crippen LogP contribution is 2.22. The van der Waals surface area contributed by atoms with E-state index in [9.17, 15) is 0 Å². The summed E-state index contributed by atoms with van der Waals surface area (Å²) in [5.41, 5.74) is 3.33. The lowest BCUT2D eigenvalue weighted by Crippen LogP contribution is -1.95. The number of hydrogen-bond donors (Lipinski definition) is 1. The molecule has 0 bridgehead atoms. The Morgan fingerprint density at radius 1 is 1.00 bits per heavy atom. The molecule has 4 nitrogen and oxygen atoms in total. The number of benzene rings is 1. The molecule has 0 saturated carbocycles. The van der Waals surface area contributed by atoms with Gasteiger partial charge in [-0.25, -0.2) is 0 Å². The Labute approximate surface area is 119 Å². The topological polar surface area (TPSA) is 50.2 Å². The highest BCUT2D eigenvalue weighted by molar-refractivity contribution is 6.38. The van der Waals surface area contributed by atoms with Gasteiger partial charge < -0.3 is 0 Å². The van der Waals surface area contributed by atoms with E-state index >= 15 is 0 Å². The first-order valence-corrected chi connectivity index (χ1v) is 6.02. The second-order valence-corrected chi connectivity index (χ2v) is 4.45. The third kappa shape index (κ3) is 3.32. The summed E-state index contributed by atoms with van der Waals surface area (Å²) < 4.78 is 0. The SMILES string of the molecule is Clc1ccc(NN=Cc2c(Cl)cccc2Cl)nn1. The van der Waals surface area contributed by atoms with Crippen molar-refractivity contribution in [1.29, 1.82) is 0 Å². The number of halogens is 3. The van der Waals surface area contributed by atoms with Crippen molar-refractivity contribution >= 4 is 46.8 Å². The zero-order chi connectivity index (χ0) is 13.0. The van der Waals surface area contributed by atoms with Crippen LogP contribution in [-0.4, -0.2) is 16.4 Å². The lowest BCUT2D eigenvalue weighted by Gasteiger charge is -2.01. The summed E-state index contributed by atoms with van der Waals surface area (Å²) in [6, 6.07) is 8.49. The minimum atomic E-state index is 0.318. The van der Waals surface area contributed by atoms with Crippen LogP contribution in [0, 0.1) is 0 Å². The lowest BCUT2D eigenvalue weighted by molar-refractivity contribution is 1.02. The summed E-state index contributed by atoms with van der Waals surface area (Å²) in [5, 5.41) is 12.8. The van der Waals surface area contributed by atoms with E-state index in [1.807, 2.05) is 0 Å². The smallest absolute Gasteiger partial charge is 0.168 e. The van der Waals surface area contributed by atoms with E-state index in [2.05, 4.69) is 20.7 Å². The molecule has 0 spiro atoms. The molecule has 0 unspecified atom stereocenters. The van der Waals surface area contributed by atoms with Crippen LogP contribution in [-0.2, 0) is 0 Å². The second-order valence-electron chi connectivity index (χ2n) is 3.25. The van der Waals surface area contributed by atoms with E-state index < -0.39 is 0 Å². The maximum absolute atomic E-state index is 5.98. The van der Waals surface area contributed by atoms with E-state index in [0.717, 1.165) is 0 Å². The van der Waals surface area contributed by atoms with Crippen LogP contribution in [0.4, 0.5) is 5.82 Å². The van der Waals surface area contributed by atoms with Crippen molar-refractivity contribution in [2.75, 3.05) is 5.43 Å². The van der Waals surface area contributed by atoms with Gasteiger partial charge in [-0.2, -0.15) is 5.10 Å². The quantitative estimate of drug-likeness (QED) is 0.691. The average Bonchev–Trinajstić information content (AvgIpc) is 2.35. The fourth-order valence-electron chi connectivity index (χ4n) is 1.17. The van der Waals surface area contributed by atoms with E-state index in [1.54, 1.807) is 30.3 Å². The number of anilines is 1. The van der Waals surface area contributed by atoms with Crippen LogP contribution >= 0.6 is 34.8 Å². The lowest BCUT2D eigenvalue weighted by atomic mass is 10.2. The molecule has 1 aromatic carbocycles. The fraction of sp³-hybridized carbons (Fsp3) is 0. The maximum Gasteiger partial charge on any atom is 0.168 e. The van der Waals surface area contributed by atoms with Gasteiger partial charge in [0.05, 0.1) is 16.3 Å². The monoisotopic (exact) mass is 300 g/mol. The second kappa shape index (κ2) is 6.00. The van der Waals surface area contributed by atoms with Gasteiger partial charge in [0.25, 0.3) is 0 Å². The van der Waals surface area contributed by atoms with Gasteiger partial charge >= 0.3 is 0 Å². The summed E-state index contributed by atoms with van der Waals surface area (Å²) in [6.07, 6.45) is 1.51. The summed E-state index contributed by atoms with van der Waals surface area (Å²) in [5.74, 6) is 0.471. The first-order valence-electron chi connectivity index (χ1n) is 4.89. The molecule has 0 aliphatic heterocycles. The van der Waals surface area contributed by atoms with Crippen LogP contribution in [0.25, 0.3) is 0 Å². The van der Waals surface area contributed by atoms with Crippen molar-refractivity contribution in [3.8, 4) is 0 Å². The zero-order valence-electron chi connectivity index (χ0n) is 8.94. The Morgan fingerprint density at radius 3 is 2.33 bits per heavy atom. The minimum Gasteiger partial charge on any atom is -0.260 e. The van der Waals surface area contributed by atoms with Gasteiger partial charge in [0.2, 0.25) is 0 Å². The molecule has 0 fully saturated rings. The number of aromatic nitrogens is 2. The van der Waals surface area contributed by atoms with E-state index in [0.29, 0.717) is 26.6 Å². The highest BCUT2D eigenvalue weighted by Gasteiger charge is 2.01. The van der Waals surface area contributed by atoms with Crippen molar-refractivity contribution < 1.29 is 0 Å². The number of hydrazone groups is 1. The van der Waals surface area contributed by atoms with Crippen molar-refractivity contribution in [2.24, 2.45) is 5.10 Å². The highest BCUT2D eigenvalue weighted by atomic mass is 35.5. The molecule has 0 atom stereocenters. The van der Waals surface area contributed by atoms with Crippen molar-refractivity contribution in [1.82, 2.24) is 10.2 Å². The summed E-state index contributed by atoms with van der Waals surface area (Å²) in [6.45, 7) is 0. The molecule has 0 radical (unpaired) electrons. The predicted octanol–water partition coefficient (Wildman–Crippen LogP) is 3.88. The van der Waals surface area contributed by atoms with Crippen LogP contribution in [0.3, 0.4) is 0 Å². The molecule has 0 aliphatic carbocycles. The first-order chi connectivity index (χ1) is 8.66. The molecule has 1 aromatic heterocycles. The van der Waals surface area contributed by atoms with Crippen LogP contribution < -0.4 is 5.43 Å². The van der Waals surface area contributed by atoms with Gasteiger partial charge in [-0.15, -0.1) is 10.2 Å². The molecular formula is C11H7Cl3N4. The summed E-state index contributed by atoms with van der Waals surface area (Å²) in [7, 11) is 0. The van der Waals surface area contributed by atoms with Gasteiger partial charge in [-0.05, 0) is 24.3 Å². The molecule has 18 heavy (non-hydrogen) atoms. The largest absolute Gasteiger partial charge is 0.260 e. The first kappa shape index (κ1) is 13.1. The Morgan fingerprint density at radius 2 is 1.72 bits per heavy atom. The van der Waals surface area contributed by atoms with Gasteiger partial charge in [-0.1, -0.05) is 40.9 Å². The van der Waals surface area contributed by atoms with Crippen LogP contribution in [0.2, 0.25) is 15.2 Å². The number of nitrogens with one attached hydrogen (secondary N) is 1. The maximum atomic E-state index is 5.98. The number of hydrogen-bond acceptors (Lipinski definition) is 4. The Hall–Kier alpha value is -1.36. The van der Waals surface area contributed by atoms with Gasteiger partial charge in [0.15, 0.2) is 11.0 Å². The normalized spacial score (nSPS) is 10.8. The molecule has 2 rings (SSSR count). The summed E-state index contributed by atoms with van der Waals surface area (Å²) >= 11 is 17.6. The average molecular weight is 302 g/mol. The van der Waals surface area contributed by atoms with Crippen molar-refractivity contribution in [3.63, 3.8) is 0 Å². The van der Waals surface area contributed by atoms with Crippen molar-refractivity contribution in [3.05, 3.63) is 51.1 Å². The molecule has 1 heterocycles. The zero-order valence-corrected chi connectivity index (χ0v) is 11.2. The van der Waals surface area contributed by atoms with E-state index in [1.165, 1.54) is 6.21 Å². The van der Waals surface area contributed by atoms with Crippen LogP contribution in [0.5, 0.6) is 0 Å². The molecular weight excluding hydrogens is 295 g/mol. The fourth-order valence-corrected chi connectivity index (χ4v) is 1.77. The van der Waals surface area contributed by atoms with Gasteiger partial charge in [0.1, 0.15) is 0 Å². The Balaban J connectivity index is 2.10. The Kier molecular flexibility index (Phi) is 4.36. The summed E-state index contributed by atoms with van der Waals surface area (Å²) in [4.78, 5) is 0.